The molecular formula is C36H54BrN5O6Si. The van der Waals surface area contributed by atoms with Crippen molar-refractivity contribution in [2.75, 3.05) is 13.2 Å². The Balaban J connectivity index is 1.60. The second-order valence-corrected chi connectivity index (χ2v) is 20.8. The van der Waals surface area contributed by atoms with Gasteiger partial charge in [0.2, 0.25) is 5.91 Å². The number of carbonyl (C=O) groups excluding carboxylic acids is 4. The van der Waals surface area contributed by atoms with Gasteiger partial charge in [-0.25, -0.2) is 5.43 Å². The Hall–Kier alpha value is -3.13. The van der Waals surface area contributed by atoms with Gasteiger partial charge < -0.3 is 19.8 Å². The van der Waals surface area contributed by atoms with Crippen molar-refractivity contribution >= 4 is 58.8 Å². The number of rotatable bonds is 13. The van der Waals surface area contributed by atoms with Gasteiger partial charge in [0.1, 0.15) is 17.5 Å². The highest BCUT2D eigenvalue weighted by Crippen LogP contribution is 2.38. The smallest absolute Gasteiger partial charge is 0.318 e. The van der Waals surface area contributed by atoms with Crippen LogP contribution in [0.2, 0.25) is 18.1 Å². The van der Waals surface area contributed by atoms with E-state index in [0.717, 1.165) is 21.1 Å². The zero-order chi connectivity index (χ0) is 36.9. The third-order valence-corrected chi connectivity index (χ3v) is 14.5. The summed E-state index contributed by atoms with van der Waals surface area (Å²) in [7, 11) is -2.17. The average molecular weight is 761 g/mol. The van der Waals surface area contributed by atoms with E-state index in [9.17, 15) is 19.2 Å². The Morgan fingerprint density at radius 3 is 2.37 bits per heavy atom. The first-order chi connectivity index (χ1) is 22.7. The fraction of sp³-hybridized carbons (Fsp3) is 0.583. The Kier molecular flexibility index (Phi) is 13.4. The van der Waals surface area contributed by atoms with Crippen molar-refractivity contribution in [1.82, 2.24) is 26.1 Å². The van der Waals surface area contributed by atoms with Crippen molar-refractivity contribution < 1.29 is 28.3 Å². The number of pyridine rings is 1. The SMILES string of the molecule is C=C[C@](C)(CO[Si](C)(C)C(C)(C)C)C(=O)O[C@H](C(=O)N[C@@H](C)C(=O)N1CCC[C@@H](C(=O)N[C@H](C)c2ccc3ccc(Br)cc3n2)N1)C(C)C. The molecule has 1 saturated heterocycles. The topological polar surface area (TPSA) is 139 Å². The summed E-state index contributed by atoms with van der Waals surface area (Å²) in [4.78, 5) is 58.2. The summed E-state index contributed by atoms with van der Waals surface area (Å²) >= 11 is 3.47. The van der Waals surface area contributed by atoms with Crippen molar-refractivity contribution in [2.45, 2.75) is 111 Å². The minimum atomic E-state index is -2.17. The Labute approximate surface area is 300 Å². The average Bonchev–Trinajstić information content (AvgIpc) is 3.04. The van der Waals surface area contributed by atoms with Crippen LogP contribution in [0.3, 0.4) is 0 Å². The van der Waals surface area contributed by atoms with Gasteiger partial charge in [-0.15, -0.1) is 6.58 Å². The van der Waals surface area contributed by atoms with Crippen LogP contribution in [-0.2, 0) is 28.3 Å². The van der Waals surface area contributed by atoms with Crippen molar-refractivity contribution in [3.8, 4) is 0 Å². The molecule has 0 radical (unpaired) electrons. The molecule has 11 nitrogen and oxygen atoms in total. The largest absolute Gasteiger partial charge is 0.451 e. The summed E-state index contributed by atoms with van der Waals surface area (Å²) in [6.45, 7) is 23.5. The number of nitrogens with one attached hydrogen (secondary N) is 3. The molecule has 3 amide bonds. The van der Waals surface area contributed by atoms with Gasteiger partial charge in [-0.3, -0.25) is 29.2 Å². The maximum absolute atomic E-state index is 13.4. The normalized spacial score (nSPS) is 18.6. The van der Waals surface area contributed by atoms with Gasteiger partial charge in [-0.1, -0.05) is 68.8 Å². The highest BCUT2D eigenvalue weighted by Gasteiger charge is 2.43. The molecule has 0 aliphatic carbocycles. The number of hydrazine groups is 1. The molecule has 2 aromatic rings. The first-order valence-electron chi connectivity index (χ1n) is 16.9. The number of hydrogen-bond donors (Lipinski definition) is 3. The highest BCUT2D eigenvalue weighted by atomic mass is 79.9. The van der Waals surface area contributed by atoms with Crippen LogP contribution >= 0.6 is 15.9 Å². The van der Waals surface area contributed by atoms with Crippen molar-refractivity contribution in [2.24, 2.45) is 11.3 Å². The van der Waals surface area contributed by atoms with E-state index in [4.69, 9.17) is 14.1 Å². The Bertz CT molecular complexity index is 1550. The van der Waals surface area contributed by atoms with Crippen LogP contribution < -0.4 is 16.1 Å². The minimum absolute atomic E-state index is 0.0547. The molecule has 3 rings (SSSR count). The van der Waals surface area contributed by atoms with Gasteiger partial charge in [-0.05, 0) is 75.9 Å². The van der Waals surface area contributed by atoms with Gasteiger partial charge in [-0.2, -0.15) is 0 Å². The van der Waals surface area contributed by atoms with Gasteiger partial charge in [0.25, 0.3) is 11.8 Å². The van der Waals surface area contributed by atoms with Gasteiger partial charge in [0, 0.05) is 16.4 Å². The van der Waals surface area contributed by atoms with Crippen molar-refractivity contribution in [3.63, 3.8) is 0 Å². The fourth-order valence-electron chi connectivity index (χ4n) is 4.95. The molecule has 2 heterocycles. The quantitative estimate of drug-likeness (QED) is 0.129. The van der Waals surface area contributed by atoms with E-state index in [2.05, 4.69) is 72.4 Å². The summed E-state index contributed by atoms with van der Waals surface area (Å²) in [5.74, 6) is -2.25. The molecule has 1 fully saturated rings. The van der Waals surface area contributed by atoms with E-state index in [0.29, 0.717) is 19.4 Å². The molecule has 0 unspecified atom stereocenters. The van der Waals surface area contributed by atoms with Crippen LogP contribution in [0, 0.1) is 11.3 Å². The molecule has 13 heteroatoms. The lowest BCUT2D eigenvalue weighted by Crippen LogP contribution is -2.61. The highest BCUT2D eigenvalue weighted by molar-refractivity contribution is 9.10. The molecule has 3 N–H and O–H groups in total. The summed E-state index contributed by atoms with van der Waals surface area (Å²) in [6, 6.07) is 7.75. The van der Waals surface area contributed by atoms with E-state index in [1.165, 1.54) is 11.1 Å². The second-order valence-electron chi connectivity index (χ2n) is 15.1. The first-order valence-corrected chi connectivity index (χ1v) is 20.6. The third kappa shape index (κ3) is 10.2. The maximum Gasteiger partial charge on any atom is 0.318 e. The number of benzene rings is 1. The molecule has 1 aliphatic rings. The lowest BCUT2D eigenvalue weighted by Gasteiger charge is -2.39. The number of ether oxygens (including phenoxy) is 1. The first kappa shape index (κ1) is 40.3. The van der Waals surface area contributed by atoms with Gasteiger partial charge in [0.15, 0.2) is 14.4 Å². The maximum atomic E-state index is 13.4. The second kappa shape index (κ2) is 16.3. The van der Waals surface area contributed by atoms with Gasteiger partial charge >= 0.3 is 5.97 Å². The van der Waals surface area contributed by atoms with E-state index in [1.807, 2.05) is 37.3 Å². The zero-order valence-corrected chi connectivity index (χ0v) is 33.2. The standard InChI is InChI=1S/C36H54BrN5O6Si/c1-12-36(9,21-47-49(10,11)35(6,7)8)34(46)48-30(22(2)3)32(44)39-24(5)33(45)42-19-13-14-28(41-42)31(43)38-23(4)27-18-16-25-15-17-26(37)20-29(25)40-27/h12,15-18,20,22-24,28,30,41H,1,13-14,19,21H2,2-11H3,(H,38,43)(H,39,44)/t23-,24+,28+,30+,36-/m1/s1. The molecule has 0 bridgehead atoms. The van der Waals surface area contributed by atoms with Crippen LogP contribution in [0.15, 0.2) is 47.5 Å². The minimum Gasteiger partial charge on any atom is -0.451 e. The van der Waals surface area contributed by atoms with Crippen LogP contribution in [0.4, 0.5) is 0 Å². The summed E-state index contributed by atoms with van der Waals surface area (Å²) in [6.07, 6.45) is 1.48. The number of nitrogens with zero attached hydrogens (tertiary/aromatic N) is 2. The Morgan fingerprint density at radius 2 is 1.76 bits per heavy atom. The van der Waals surface area contributed by atoms with E-state index < -0.39 is 49.7 Å². The monoisotopic (exact) mass is 759 g/mol. The zero-order valence-electron chi connectivity index (χ0n) is 30.6. The van der Waals surface area contributed by atoms with E-state index >= 15 is 0 Å². The fourth-order valence-corrected chi connectivity index (χ4v) is 6.39. The molecule has 0 spiro atoms. The van der Waals surface area contributed by atoms with Crippen molar-refractivity contribution in [1.29, 1.82) is 0 Å². The molecule has 0 saturated carbocycles. The number of halogens is 1. The molecule has 5 atom stereocenters. The number of aromatic nitrogens is 1. The van der Waals surface area contributed by atoms with Gasteiger partial charge in [0.05, 0.1) is 23.9 Å². The summed E-state index contributed by atoms with van der Waals surface area (Å²) < 4.78 is 13.0. The van der Waals surface area contributed by atoms with E-state index in [-0.39, 0.29) is 29.5 Å². The van der Waals surface area contributed by atoms with Crippen LogP contribution in [0.25, 0.3) is 10.9 Å². The number of hydrogen-bond acceptors (Lipinski definition) is 8. The predicted molar refractivity (Wildman–Crippen MR) is 198 cm³/mol. The lowest BCUT2D eigenvalue weighted by atomic mass is 9.92. The lowest BCUT2D eigenvalue weighted by molar-refractivity contribution is -0.167. The molecule has 1 aliphatic heterocycles. The third-order valence-electron chi connectivity index (χ3n) is 9.53. The molecular weight excluding hydrogens is 706 g/mol. The van der Waals surface area contributed by atoms with Crippen molar-refractivity contribution in [3.05, 3.63) is 53.2 Å². The number of fused-ring (bicyclic) bond motifs is 1. The molecule has 49 heavy (non-hydrogen) atoms. The Morgan fingerprint density at radius 1 is 1.10 bits per heavy atom. The number of esters is 1. The number of carbonyl (C=O) groups is 4. The van der Waals surface area contributed by atoms with Crippen LogP contribution in [-0.4, -0.2) is 73.3 Å². The summed E-state index contributed by atoms with van der Waals surface area (Å²) in [5, 5.41) is 8.04. The number of amides is 3. The van der Waals surface area contributed by atoms with E-state index in [1.54, 1.807) is 27.7 Å². The van der Waals surface area contributed by atoms with Crippen LogP contribution in [0.5, 0.6) is 0 Å². The summed E-state index contributed by atoms with van der Waals surface area (Å²) in [5.41, 5.74) is 3.40. The molecule has 1 aromatic carbocycles. The molecule has 270 valence electrons. The molecule has 1 aromatic heterocycles. The predicted octanol–water partition coefficient (Wildman–Crippen LogP) is 5.96. The van der Waals surface area contributed by atoms with Crippen LogP contribution in [0.1, 0.15) is 80.0 Å².